The quantitative estimate of drug-likeness (QED) is 0.153. The highest BCUT2D eigenvalue weighted by Gasteiger charge is 2.68. The lowest BCUT2D eigenvalue weighted by Crippen LogP contribution is -2.62. The van der Waals surface area contributed by atoms with Crippen LogP contribution in [-0.2, 0) is 30.3 Å². The molecule has 1 heterocycles. The number of hydrogen-bond donors (Lipinski definition) is 9. The third kappa shape index (κ3) is 7.12. The molecule has 13 atom stereocenters. The van der Waals surface area contributed by atoms with Gasteiger partial charge in [-0.3, -0.25) is 24.0 Å². The summed E-state index contributed by atoms with van der Waals surface area (Å²) in [6.45, 7) is 4.02. The predicted molar refractivity (Wildman–Crippen MR) is 227 cm³/mol. The van der Waals surface area contributed by atoms with Crippen molar-refractivity contribution < 1.29 is 79.0 Å². The van der Waals surface area contributed by atoms with Gasteiger partial charge in [0.15, 0.2) is 29.4 Å². The van der Waals surface area contributed by atoms with Gasteiger partial charge in [-0.05, 0) is 80.8 Å². The largest absolute Gasteiger partial charge is 0.507 e. The van der Waals surface area contributed by atoms with E-state index in [1.165, 1.54) is 30.9 Å². The Morgan fingerprint density at radius 3 is 2.26 bits per heavy atom. The van der Waals surface area contributed by atoms with Gasteiger partial charge in [0.1, 0.15) is 41.7 Å². The fourth-order valence-electron chi connectivity index (χ4n) is 13.0. The van der Waals surface area contributed by atoms with Crippen LogP contribution in [0.2, 0.25) is 0 Å². The Morgan fingerprint density at radius 2 is 1.60 bits per heavy atom. The number of nitrogens with two attached hydrogens (primary N) is 1. The normalized spacial score (nSPS) is 38.1. The van der Waals surface area contributed by atoms with Crippen LogP contribution in [0.5, 0.6) is 17.2 Å². The number of aromatic hydroxyl groups is 2. The molecular formula is C48H59NO16. The molecule has 10 N–H and O–H groups in total. The number of ether oxygens (including phenoxy) is 3. The Hall–Kier alpha value is -4.43. The molecule has 1 aliphatic heterocycles. The molecule has 6 aliphatic carbocycles. The summed E-state index contributed by atoms with van der Waals surface area (Å²) in [7, 11) is 1.32. The van der Waals surface area contributed by atoms with Crippen molar-refractivity contribution in [3.05, 3.63) is 63.2 Å². The standard InChI is InChI=1S/C27H29NO11.C21H30O5/c1-10-22(31)13(28)6-17(38-10)39-15-8-27(36,16(30)9-29)7-12-19(15)26(35)21-20(24(12)33)23(32)11-4-3-5-14(37-2)18(11)25(21)34;1-19-7-5-13(23)9-12(19)3-4-14-15-6-8-21(26,17(25)11-22)20(15,2)10-16(24)18(14)19/h3-5,10,13,15,17,22,29,31,33,35-36H,6-9,28H2,1-2H3;9,14-16,18,22,24,26H,3-8,10-11H2,1-2H3/t10-,13-,15-,17-,22-,27-;14-,15-,16-,18+,19-,20-,21-/m00/s1. The SMILES string of the molecule is COc1cccc2c1C(=O)c1c(O)c3c(c(O)c1C2=O)C[C@@](O)(C(=O)CO)C[C@@H]3O[C@H]1C[C@H](N)[C@@H](O)[C@H](C)O1.C[C@]12CCC(=O)C=C1CC[C@@H]1[C@@H]2[C@@H](O)C[C@@]2(C)[C@H]1CC[C@]2(O)C(=O)CO. The van der Waals surface area contributed by atoms with Gasteiger partial charge in [0, 0.05) is 53.8 Å². The smallest absolute Gasteiger partial charge is 0.202 e. The first-order valence-electron chi connectivity index (χ1n) is 22.4. The maximum absolute atomic E-state index is 13.6. The monoisotopic (exact) mass is 905 g/mol. The molecule has 3 saturated carbocycles. The number of benzene rings is 2. The second kappa shape index (κ2) is 16.7. The zero-order valence-electron chi connectivity index (χ0n) is 36.9. The second-order valence-corrected chi connectivity index (χ2v) is 19.7. The van der Waals surface area contributed by atoms with Crippen molar-refractivity contribution in [3.8, 4) is 17.2 Å². The van der Waals surface area contributed by atoms with Gasteiger partial charge in [0.25, 0.3) is 0 Å². The van der Waals surface area contributed by atoms with Crippen molar-refractivity contribution in [2.45, 2.75) is 133 Å². The van der Waals surface area contributed by atoms with Gasteiger partial charge in [-0.1, -0.05) is 31.6 Å². The van der Waals surface area contributed by atoms with E-state index in [0.29, 0.717) is 19.3 Å². The number of aliphatic hydroxyl groups excluding tert-OH is 4. The fraction of sp³-hybridized carbons (Fsp3) is 0.604. The van der Waals surface area contributed by atoms with E-state index < -0.39 is 125 Å². The van der Waals surface area contributed by atoms with E-state index in [2.05, 4.69) is 6.92 Å². The minimum Gasteiger partial charge on any atom is -0.507 e. The predicted octanol–water partition coefficient (Wildman–Crippen LogP) is 1.78. The number of Topliss-reactive ketones (excluding diaryl/α,β-unsaturated/α-hetero) is 2. The summed E-state index contributed by atoms with van der Waals surface area (Å²) in [5, 5.41) is 85.4. The molecule has 17 nitrogen and oxygen atoms in total. The number of carbonyl (C=O) groups is 5. The molecule has 17 heteroatoms. The van der Waals surface area contributed by atoms with E-state index in [4.69, 9.17) is 19.9 Å². The number of allylic oxidation sites excluding steroid dienone is 1. The minimum atomic E-state index is -2.24. The third-order valence-electron chi connectivity index (χ3n) is 16.5. The van der Waals surface area contributed by atoms with Gasteiger partial charge in [0.2, 0.25) is 5.78 Å². The Labute approximate surface area is 375 Å². The zero-order chi connectivity index (χ0) is 47.3. The summed E-state index contributed by atoms with van der Waals surface area (Å²) >= 11 is 0. The molecule has 1 saturated heterocycles. The van der Waals surface area contributed by atoms with Crippen LogP contribution in [-0.4, -0.2) is 132 Å². The molecule has 2 aromatic carbocycles. The van der Waals surface area contributed by atoms with Gasteiger partial charge in [-0.25, -0.2) is 0 Å². The molecular weight excluding hydrogens is 847 g/mol. The number of phenolic OH excluding ortho intramolecular Hbond substituents is 2. The summed E-state index contributed by atoms with van der Waals surface area (Å²) in [5.41, 5.74) is 1.14. The van der Waals surface area contributed by atoms with Gasteiger partial charge < -0.3 is 60.8 Å². The zero-order valence-corrected chi connectivity index (χ0v) is 36.9. The highest BCUT2D eigenvalue weighted by atomic mass is 16.7. The van der Waals surface area contributed by atoms with Crippen molar-refractivity contribution in [2.24, 2.45) is 34.3 Å². The molecule has 0 bridgehead atoms. The summed E-state index contributed by atoms with van der Waals surface area (Å²) in [5.74, 6) is -3.63. The number of phenols is 2. The number of fused-ring (bicyclic) bond motifs is 8. The average Bonchev–Trinajstić information content (AvgIpc) is 3.54. The third-order valence-corrected chi connectivity index (χ3v) is 16.5. The second-order valence-electron chi connectivity index (χ2n) is 19.7. The Bertz CT molecular complexity index is 2370. The van der Waals surface area contributed by atoms with Crippen LogP contribution in [0.15, 0.2) is 29.8 Å². The van der Waals surface area contributed by atoms with Gasteiger partial charge in [0.05, 0.1) is 48.2 Å². The number of hydrogen-bond acceptors (Lipinski definition) is 17. The topological polar surface area (TPSA) is 301 Å². The van der Waals surface area contributed by atoms with Crippen LogP contribution in [0, 0.1) is 28.6 Å². The molecule has 0 spiro atoms. The molecule has 4 fully saturated rings. The lowest BCUT2D eigenvalue weighted by atomic mass is 9.45. The Kier molecular flexibility index (Phi) is 12.1. The molecule has 0 amide bonds. The maximum atomic E-state index is 13.6. The molecule has 65 heavy (non-hydrogen) atoms. The lowest BCUT2D eigenvalue weighted by molar-refractivity contribution is -0.247. The van der Waals surface area contributed by atoms with Crippen LogP contribution in [0.3, 0.4) is 0 Å². The minimum absolute atomic E-state index is 0.0173. The van der Waals surface area contributed by atoms with Crippen molar-refractivity contribution in [1.29, 1.82) is 0 Å². The highest BCUT2D eigenvalue weighted by molar-refractivity contribution is 6.31. The van der Waals surface area contributed by atoms with Crippen LogP contribution in [0.1, 0.15) is 128 Å². The number of rotatable bonds is 7. The van der Waals surface area contributed by atoms with E-state index >= 15 is 0 Å². The highest BCUT2D eigenvalue weighted by Crippen LogP contribution is 2.67. The molecule has 9 rings (SSSR count). The first kappa shape index (κ1) is 47.1. The van der Waals surface area contributed by atoms with Gasteiger partial charge in [-0.15, -0.1) is 0 Å². The van der Waals surface area contributed by atoms with E-state index in [9.17, 15) is 64.8 Å². The fourth-order valence-corrected chi connectivity index (χ4v) is 13.0. The van der Waals surface area contributed by atoms with Crippen LogP contribution in [0.4, 0.5) is 0 Å². The molecule has 0 radical (unpaired) electrons. The Morgan fingerprint density at radius 1 is 0.908 bits per heavy atom. The van der Waals surface area contributed by atoms with Crippen molar-refractivity contribution in [3.63, 3.8) is 0 Å². The van der Waals surface area contributed by atoms with Crippen LogP contribution in [0.25, 0.3) is 0 Å². The molecule has 2 aromatic rings. The summed E-state index contributed by atoms with van der Waals surface area (Å²) in [6, 6.07) is 3.64. The van der Waals surface area contributed by atoms with E-state index in [1.807, 2.05) is 6.92 Å². The van der Waals surface area contributed by atoms with E-state index in [1.54, 1.807) is 13.0 Å². The van der Waals surface area contributed by atoms with Crippen molar-refractivity contribution >= 4 is 28.9 Å². The molecule has 0 aromatic heterocycles. The first-order chi connectivity index (χ1) is 30.6. The van der Waals surface area contributed by atoms with Crippen LogP contribution < -0.4 is 10.5 Å². The Balaban J connectivity index is 0.000000192. The van der Waals surface area contributed by atoms with Gasteiger partial charge >= 0.3 is 0 Å². The van der Waals surface area contributed by atoms with Crippen LogP contribution >= 0.6 is 0 Å². The average molecular weight is 906 g/mol. The van der Waals surface area contributed by atoms with E-state index in [-0.39, 0.29) is 63.4 Å². The number of aliphatic hydroxyl groups is 6. The molecule has 7 aliphatic rings. The maximum Gasteiger partial charge on any atom is 0.202 e. The summed E-state index contributed by atoms with van der Waals surface area (Å²) in [6.07, 6.45) is 0.612. The van der Waals surface area contributed by atoms with Gasteiger partial charge in [-0.2, -0.15) is 0 Å². The van der Waals surface area contributed by atoms with Crippen molar-refractivity contribution in [1.82, 2.24) is 0 Å². The van der Waals surface area contributed by atoms with Crippen molar-refractivity contribution in [2.75, 3.05) is 20.3 Å². The number of methoxy groups -OCH3 is 1. The lowest BCUT2D eigenvalue weighted by Gasteiger charge is -2.60. The summed E-state index contributed by atoms with van der Waals surface area (Å²) < 4.78 is 17.0. The molecule has 352 valence electrons. The number of ketones is 5. The number of carbonyl (C=O) groups excluding carboxylic acids is 5. The molecule has 0 unspecified atom stereocenters. The first-order valence-corrected chi connectivity index (χ1v) is 22.4. The van der Waals surface area contributed by atoms with E-state index in [0.717, 1.165) is 25.7 Å². The summed E-state index contributed by atoms with van der Waals surface area (Å²) in [4.78, 5) is 64.0.